The zero-order valence-electron chi connectivity index (χ0n) is 9.60. The topological polar surface area (TPSA) is 78.9 Å². The van der Waals surface area contributed by atoms with E-state index in [-0.39, 0.29) is 5.91 Å². The van der Waals surface area contributed by atoms with Crippen molar-refractivity contribution < 1.29 is 4.79 Å². The molecule has 1 saturated carbocycles. The fourth-order valence-electron chi connectivity index (χ4n) is 2.46. The fourth-order valence-corrected chi connectivity index (χ4v) is 2.46. The molecule has 1 amide bonds. The van der Waals surface area contributed by atoms with E-state index in [2.05, 4.69) is 26.1 Å². The molecule has 0 aromatic carbocycles. The second-order valence-corrected chi connectivity index (χ2v) is 4.54. The van der Waals surface area contributed by atoms with Gasteiger partial charge in [0.05, 0.1) is 0 Å². The average Bonchev–Trinajstić information content (AvgIpc) is 2.80. The van der Waals surface area contributed by atoms with E-state index in [0.29, 0.717) is 11.7 Å². The number of amides is 1. The van der Waals surface area contributed by atoms with Crippen molar-refractivity contribution in [3.63, 3.8) is 0 Å². The van der Waals surface area contributed by atoms with E-state index in [1.54, 1.807) is 19.2 Å². The number of hydrogen-bond acceptors (Lipinski definition) is 5. The number of nitrogens with one attached hydrogen (secondary N) is 3. The van der Waals surface area contributed by atoms with Gasteiger partial charge in [-0.2, -0.15) is 0 Å². The molecule has 3 rings (SSSR count). The van der Waals surface area contributed by atoms with Crippen LogP contribution in [0.4, 0.5) is 5.82 Å². The van der Waals surface area contributed by atoms with E-state index in [9.17, 15) is 4.79 Å². The second-order valence-electron chi connectivity index (χ2n) is 4.54. The van der Waals surface area contributed by atoms with Crippen LogP contribution in [-0.4, -0.2) is 42.3 Å². The normalized spacial score (nSPS) is 29.6. The van der Waals surface area contributed by atoms with Crippen LogP contribution in [0, 0.1) is 11.8 Å². The Kier molecular flexibility index (Phi) is 2.44. The zero-order valence-corrected chi connectivity index (χ0v) is 9.60. The number of rotatable bonds is 3. The Hall–Kier alpha value is -1.69. The number of hydrogen-bond donors (Lipinski definition) is 3. The summed E-state index contributed by atoms with van der Waals surface area (Å²) in [5.74, 6) is 2.00. The number of nitrogens with zero attached hydrogens (tertiary/aromatic N) is 2. The molecule has 2 aliphatic rings. The summed E-state index contributed by atoms with van der Waals surface area (Å²) in [6, 6.07) is 4.01. The highest BCUT2D eigenvalue weighted by Crippen LogP contribution is 2.43. The maximum absolute atomic E-state index is 11.3. The number of piperidine rings is 1. The van der Waals surface area contributed by atoms with Crippen LogP contribution < -0.4 is 16.0 Å². The summed E-state index contributed by atoms with van der Waals surface area (Å²) in [7, 11) is 1.58. The first kappa shape index (κ1) is 10.5. The van der Waals surface area contributed by atoms with Crippen molar-refractivity contribution in [2.75, 3.05) is 25.5 Å². The quantitative estimate of drug-likeness (QED) is 0.654. The Labute approximate surface area is 99.2 Å². The summed E-state index contributed by atoms with van der Waals surface area (Å²) in [6.45, 7) is 2.18. The lowest BCUT2D eigenvalue weighted by atomic mass is 10.3. The molecule has 17 heavy (non-hydrogen) atoms. The predicted octanol–water partition coefficient (Wildman–Crippen LogP) is -0.534. The molecule has 2 atom stereocenters. The molecule has 2 unspecified atom stereocenters. The molecule has 6 nitrogen and oxygen atoms in total. The largest absolute Gasteiger partial charge is 0.365 e. The third-order valence-corrected chi connectivity index (χ3v) is 3.53. The van der Waals surface area contributed by atoms with E-state index in [1.807, 2.05) is 0 Å². The average molecular weight is 233 g/mol. The highest BCUT2D eigenvalue weighted by Gasteiger charge is 2.53. The fraction of sp³-hybridized carbons (Fsp3) is 0.545. The Morgan fingerprint density at radius 1 is 1.35 bits per heavy atom. The minimum atomic E-state index is -0.212. The van der Waals surface area contributed by atoms with Crippen LogP contribution in [0.5, 0.6) is 0 Å². The summed E-state index contributed by atoms with van der Waals surface area (Å²) in [4.78, 5) is 11.3. The molecule has 90 valence electrons. The van der Waals surface area contributed by atoms with Crippen LogP contribution >= 0.6 is 0 Å². The Balaban J connectivity index is 1.63. The van der Waals surface area contributed by atoms with Crippen molar-refractivity contribution in [2.24, 2.45) is 11.8 Å². The monoisotopic (exact) mass is 233 g/mol. The van der Waals surface area contributed by atoms with Crippen molar-refractivity contribution in [3.05, 3.63) is 17.8 Å². The predicted molar refractivity (Wildman–Crippen MR) is 62.7 cm³/mol. The number of carbonyl (C=O) groups is 1. The maximum Gasteiger partial charge on any atom is 0.271 e. The maximum atomic E-state index is 11.3. The zero-order chi connectivity index (χ0) is 11.8. The highest BCUT2D eigenvalue weighted by molar-refractivity contribution is 5.91. The lowest BCUT2D eigenvalue weighted by molar-refractivity contribution is 0.0957. The molecule has 2 heterocycles. The van der Waals surface area contributed by atoms with Crippen LogP contribution in [0.2, 0.25) is 0 Å². The van der Waals surface area contributed by atoms with Gasteiger partial charge in [0.25, 0.3) is 5.91 Å². The Bertz CT molecular complexity index is 422. The van der Waals surface area contributed by atoms with E-state index >= 15 is 0 Å². The van der Waals surface area contributed by atoms with Gasteiger partial charge in [0.15, 0.2) is 5.69 Å². The number of carbonyl (C=O) groups excluding carboxylic acids is 1. The molecule has 2 fully saturated rings. The number of fused-ring (bicyclic) bond motifs is 1. The molecule has 1 saturated heterocycles. The van der Waals surface area contributed by atoms with Crippen molar-refractivity contribution in [3.8, 4) is 0 Å². The van der Waals surface area contributed by atoms with Gasteiger partial charge in [-0.1, -0.05) is 0 Å². The lowest BCUT2D eigenvalue weighted by Crippen LogP contribution is -2.22. The van der Waals surface area contributed by atoms with Gasteiger partial charge in [0, 0.05) is 26.2 Å². The molecule has 0 radical (unpaired) electrons. The van der Waals surface area contributed by atoms with Crippen LogP contribution in [0.25, 0.3) is 0 Å². The minimum absolute atomic E-state index is 0.212. The standard InChI is InChI=1S/C11H15N5O/c1-12-11(17)8-2-3-9(16-15-8)14-10-6-4-13-5-7(6)10/h2-3,6-7,10,13H,4-5H2,1H3,(H,12,17)(H,14,16). The van der Waals surface area contributed by atoms with Crippen LogP contribution in [0.1, 0.15) is 10.5 Å². The molecule has 1 aromatic heterocycles. The Morgan fingerprint density at radius 2 is 2.12 bits per heavy atom. The molecule has 6 heteroatoms. The van der Waals surface area contributed by atoms with Crippen LogP contribution in [-0.2, 0) is 0 Å². The van der Waals surface area contributed by atoms with Gasteiger partial charge in [-0.3, -0.25) is 4.79 Å². The van der Waals surface area contributed by atoms with Gasteiger partial charge in [0.1, 0.15) is 5.82 Å². The molecule has 3 N–H and O–H groups in total. The first-order valence-electron chi connectivity index (χ1n) is 5.82. The van der Waals surface area contributed by atoms with E-state index in [4.69, 9.17) is 0 Å². The molecular weight excluding hydrogens is 218 g/mol. The first-order valence-corrected chi connectivity index (χ1v) is 5.82. The summed E-state index contributed by atoms with van der Waals surface area (Å²) >= 11 is 0. The molecule has 0 bridgehead atoms. The van der Waals surface area contributed by atoms with Crippen molar-refractivity contribution in [1.29, 1.82) is 0 Å². The van der Waals surface area contributed by atoms with E-state index < -0.39 is 0 Å². The van der Waals surface area contributed by atoms with Crippen molar-refractivity contribution in [1.82, 2.24) is 20.8 Å². The summed E-state index contributed by atoms with van der Waals surface area (Å²) in [5, 5.41) is 17.1. The summed E-state index contributed by atoms with van der Waals surface area (Å²) < 4.78 is 0. The van der Waals surface area contributed by atoms with E-state index in [0.717, 1.165) is 30.7 Å². The van der Waals surface area contributed by atoms with Gasteiger partial charge in [-0.25, -0.2) is 0 Å². The minimum Gasteiger partial charge on any atom is -0.365 e. The van der Waals surface area contributed by atoms with Crippen LogP contribution in [0.3, 0.4) is 0 Å². The molecule has 1 aliphatic carbocycles. The first-order chi connectivity index (χ1) is 8.29. The Morgan fingerprint density at radius 3 is 2.71 bits per heavy atom. The second kappa shape index (κ2) is 3.96. The third-order valence-electron chi connectivity index (χ3n) is 3.53. The number of aromatic nitrogens is 2. The molecule has 1 aromatic rings. The number of anilines is 1. The van der Waals surface area contributed by atoms with Crippen molar-refractivity contribution in [2.45, 2.75) is 6.04 Å². The smallest absolute Gasteiger partial charge is 0.271 e. The van der Waals surface area contributed by atoms with Gasteiger partial charge >= 0.3 is 0 Å². The van der Waals surface area contributed by atoms with E-state index in [1.165, 1.54) is 0 Å². The molecule has 0 spiro atoms. The third kappa shape index (κ3) is 1.84. The highest BCUT2D eigenvalue weighted by atomic mass is 16.1. The van der Waals surface area contributed by atoms with Gasteiger partial charge < -0.3 is 16.0 Å². The van der Waals surface area contributed by atoms with Crippen LogP contribution in [0.15, 0.2) is 12.1 Å². The molecule has 1 aliphatic heterocycles. The van der Waals surface area contributed by atoms with Crippen molar-refractivity contribution >= 4 is 11.7 Å². The molecular formula is C11H15N5O. The van der Waals surface area contributed by atoms with Gasteiger partial charge in [-0.15, -0.1) is 10.2 Å². The SMILES string of the molecule is CNC(=O)c1ccc(NC2C3CNCC32)nn1. The summed E-state index contributed by atoms with van der Waals surface area (Å²) in [5.41, 5.74) is 0.343. The van der Waals surface area contributed by atoms with Gasteiger partial charge in [-0.05, 0) is 24.0 Å². The lowest BCUT2D eigenvalue weighted by Gasteiger charge is -2.07. The summed E-state index contributed by atoms with van der Waals surface area (Å²) in [6.07, 6.45) is 0. The van der Waals surface area contributed by atoms with Gasteiger partial charge in [0.2, 0.25) is 0 Å².